The van der Waals surface area contributed by atoms with E-state index in [4.69, 9.17) is 0 Å². The maximum atomic E-state index is 12.2. The van der Waals surface area contributed by atoms with E-state index in [-0.39, 0.29) is 5.75 Å². The summed E-state index contributed by atoms with van der Waals surface area (Å²) in [6.07, 6.45) is 6.30. The first-order valence-corrected chi connectivity index (χ1v) is 8.73. The molecule has 1 aromatic rings. The summed E-state index contributed by atoms with van der Waals surface area (Å²) < 4.78 is 24.4. The molecule has 1 aromatic carbocycles. The molecule has 0 atom stereocenters. The van der Waals surface area contributed by atoms with E-state index in [9.17, 15) is 8.42 Å². The van der Waals surface area contributed by atoms with Crippen molar-refractivity contribution in [3.8, 4) is 0 Å². The normalized spacial score (nSPS) is 17.8. The number of hydrogen-bond donors (Lipinski definition) is 0. The van der Waals surface area contributed by atoms with Crippen molar-refractivity contribution in [3.05, 3.63) is 30.3 Å². The molecule has 0 saturated heterocycles. The topological polar surface area (TPSA) is 37.4 Å². The molecule has 0 spiro atoms. The fourth-order valence-electron chi connectivity index (χ4n) is 2.71. The van der Waals surface area contributed by atoms with Crippen LogP contribution in [0.25, 0.3) is 0 Å². The Hall–Kier alpha value is -0.870. The minimum atomic E-state index is -3.14. The Morgan fingerprint density at radius 2 is 1.74 bits per heavy atom. The van der Waals surface area contributed by atoms with Gasteiger partial charge in [-0.25, -0.2) is 8.42 Å². The highest BCUT2D eigenvalue weighted by molar-refractivity contribution is 7.91. The molecular formula is C15H23NO2S. The molecule has 1 aliphatic rings. The Labute approximate surface area is 116 Å². The lowest BCUT2D eigenvalue weighted by molar-refractivity contribution is 0.201. The molecule has 3 nitrogen and oxygen atoms in total. The Bertz CT molecular complexity index is 478. The van der Waals surface area contributed by atoms with Crippen molar-refractivity contribution in [2.45, 2.75) is 43.0 Å². The third-order valence-electron chi connectivity index (χ3n) is 4.01. The van der Waals surface area contributed by atoms with Crippen molar-refractivity contribution < 1.29 is 8.42 Å². The highest BCUT2D eigenvalue weighted by Gasteiger charge is 2.20. The highest BCUT2D eigenvalue weighted by Crippen LogP contribution is 2.21. The summed E-state index contributed by atoms with van der Waals surface area (Å²) in [6.45, 7) is 0.627. The van der Waals surface area contributed by atoms with Crippen molar-refractivity contribution in [3.63, 3.8) is 0 Å². The molecule has 2 rings (SSSR count). The van der Waals surface area contributed by atoms with Gasteiger partial charge in [-0.1, -0.05) is 37.5 Å². The van der Waals surface area contributed by atoms with Gasteiger partial charge in [0.15, 0.2) is 9.84 Å². The van der Waals surface area contributed by atoms with Crippen molar-refractivity contribution in [1.29, 1.82) is 0 Å². The number of rotatable bonds is 5. The van der Waals surface area contributed by atoms with Crippen molar-refractivity contribution in [1.82, 2.24) is 4.90 Å². The van der Waals surface area contributed by atoms with Gasteiger partial charge in [0.05, 0.1) is 10.6 Å². The van der Waals surface area contributed by atoms with Gasteiger partial charge in [-0.3, -0.25) is 0 Å². The molecule has 1 saturated carbocycles. The Morgan fingerprint density at radius 3 is 2.37 bits per heavy atom. The SMILES string of the molecule is CN(CCS(=O)(=O)c1ccccc1)C1CCCCC1. The van der Waals surface area contributed by atoms with E-state index in [1.807, 2.05) is 6.07 Å². The van der Waals surface area contributed by atoms with Gasteiger partial charge in [0, 0.05) is 12.6 Å². The zero-order valence-corrected chi connectivity index (χ0v) is 12.4. The van der Waals surface area contributed by atoms with E-state index in [1.54, 1.807) is 24.3 Å². The van der Waals surface area contributed by atoms with Crippen LogP contribution >= 0.6 is 0 Å². The van der Waals surface area contributed by atoms with E-state index in [0.717, 1.165) is 0 Å². The summed E-state index contributed by atoms with van der Waals surface area (Å²) in [4.78, 5) is 2.66. The third-order valence-corrected chi connectivity index (χ3v) is 5.72. The van der Waals surface area contributed by atoms with E-state index < -0.39 is 9.84 Å². The summed E-state index contributed by atoms with van der Waals surface area (Å²) in [7, 11) is -1.08. The van der Waals surface area contributed by atoms with Gasteiger partial charge in [0.25, 0.3) is 0 Å². The van der Waals surface area contributed by atoms with Crippen molar-refractivity contribution in [2.75, 3.05) is 19.3 Å². The van der Waals surface area contributed by atoms with Crippen LogP contribution < -0.4 is 0 Å². The second-order valence-corrected chi connectivity index (χ2v) is 7.51. The van der Waals surface area contributed by atoms with Crippen LogP contribution in [0.5, 0.6) is 0 Å². The van der Waals surface area contributed by atoms with E-state index in [1.165, 1.54) is 32.1 Å². The average Bonchev–Trinajstić information content (AvgIpc) is 2.47. The first-order valence-electron chi connectivity index (χ1n) is 7.07. The molecule has 0 aliphatic heterocycles. The Balaban J connectivity index is 1.91. The minimum absolute atomic E-state index is 0.212. The molecule has 4 heteroatoms. The molecule has 0 amide bonds. The van der Waals surface area contributed by atoms with Crippen LogP contribution in [0, 0.1) is 0 Å². The Morgan fingerprint density at radius 1 is 1.11 bits per heavy atom. The van der Waals surface area contributed by atoms with Crippen LogP contribution in [0.3, 0.4) is 0 Å². The molecular weight excluding hydrogens is 258 g/mol. The molecule has 0 bridgehead atoms. The third kappa shape index (κ3) is 4.05. The number of benzene rings is 1. The maximum absolute atomic E-state index is 12.2. The first kappa shape index (κ1) is 14.5. The smallest absolute Gasteiger partial charge is 0.179 e. The van der Waals surface area contributed by atoms with Crippen LogP contribution in [0.15, 0.2) is 35.2 Å². The second kappa shape index (κ2) is 6.53. The highest BCUT2D eigenvalue weighted by atomic mass is 32.2. The average molecular weight is 281 g/mol. The van der Waals surface area contributed by atoms with Crippen LogP contribution in [0.2, 0.25) is 0 Å². The van der Waals surface area contributed by atoms with Crippen molar-refractivity contribution in [2.24, 2.45) is 0 Å². The fourth-order valence-corrected chi connectivity index (χ4v) is 4.05. The van der Waals surface area contributed by atoms with Crippen LogP contribution in [0.4, 0.5) is 0 Å². The molecule has 106 valence electrons. The summed E-state index contributed by atoms with van der Waals surface area (Å²) >= 11 is 0. The standard InChI is InChI=1S/C15H23NO2S/c1-16(14-8-4-2-5-9-14)12-13-19(17,18)15-10-6-3-7-11-15/h3,6-7,10-11,14H,2,4-5,8-9,12-13H2,1H3. The molecule has 1 fully saturated rings. The van der Waals surface area contributed by atoms with Crippen LogP contribution in [-0.4, -0.2) is 38.7 Å². The lowest BCUT2D eigenvalue weighted by Gasteiger charge is -2.31. The number of nitrogens with zero attached hydrogens (tertiary/aromatic N) is 1. The predicted octanol–water partition coefficient (Wildman–Crippen LogP) is 2.72. The number of sulfone groups is 1. The number of hydrogen-bond acceptors (Lipinski definition) is 3. The molecule has 19 heavy (non-hydrogen) atoms. The molecule has 1 aliphatic carbocycles. The summed E-state index contributed by atoms with van der Waals surface area (Å²) in [5.74, 6) is 0.212. The van der Waals surface area contributed by atoms with E-state index in [0.29, 0.717) is 17.5 Å². The van der Waals surface area contributed by atoms with Gasteiger partial charge in [-0.15, -0.1) is 0 Å². The lowest BCUT2D eigenvalue weighted by atomic mass is 9.94. The van der Waals surface area contributed by atoms with Gasteiger partial charge >= 0.3 is 0 Å². The lowest BCUT2D eigenvalue weighted by Crippen LogP contribution is -2.36. The van der Waals surface area contributed by atoms with E-state index >= 15 is 0 Å². The minimum Gasteiger partial charge on any atom is -0.302 e. The maximum Gasteiger partial charge on any atom is 0.179 e. The first-order chi connectivity index (χ1) is 9.09. The quantitative estimate of drug-likeness (QED) is 0.833. The fraction of sp³-hybridized carbons (Fsp3) is 0.600. The van der Waals surface area contributed by atoms with Gasteiger partial charge in [0.2, 0.25) is 0 Å². The summed E-state index contributed by atoms with van der Waals surface area (Å²) in [5.41, 5.74) is 0. The van der Waals surface area contributed by atoms with Gasteiger partial charge in [0.1, 0.15) is 0 Å². The Kier molecular flexibility index (Phi) is 4.99. The summed E-state index contributed by atoms with van der Waals surface area (Å²) in [6, 6.07) is 9.31. The molecule has 0 aromatic heterocycles. The predicted molar refractivity (Wildman–Crippen MR) is 78.0 cm³/mol. The zero-order valence-electron chi connectivity index (χ0n) is 11.6. The molecule has 0 N–H and O–H groups in total. The van der Waals surface area contributed by atoms with Gasteiger partial charge < -0.3 is 4.90 Å². The van der Waals surface area contributed by atoms with Crippen LogP contribution in [-0.2, 0) is 9.84 Å². The second-order valence-electron chi connectivity index (χ2n) is 5.40. The zero-order chi connectivity index (χ0) is 13.7. The molecule has 0 radical (unpaired) electrons. The molecule has 0 unspecified atom stereocenters. The van der Waals surface area contributed by atoms with E-state index in [2.05, 4.69) is 11.9 Å². The monoisotopic (exact) mass is 281 g/mol. The van der Waals surface area contributed by atoms with Crippen molar-refractivity contribution >= 4 is 9.84 Å². The summed E-state index contributed by atoms with van der Waals surface area (Å²) in [5, 5.41) is 0. The van der Waals surface area contributed by atoms with Gasteiger partial charge in [-0.05, 0) is 32.0 Å². The largest absolute Gasteiger partial charge is 0.302 e. The van der Waals surface area contributed by atoms with Gasteiger partial charge in [-0.2, -0.15) is 0 Å². The van der Waals surface area contributed by atoms with Crippen LogP contribution in [0.1, 0.15) is 32.1 Å². The molecule has 0 heterocycles.